The second-order valence-corrected chi connectivity index (χ2v) is 6.39. The molecule has 2 N–H and O–H groups in total. The monoisotopic (exact) mass is 342 g/mol. The minimum absolute atomic E-state index is 0.186. The van der Waals surface area contributed by atoms with Crippen LogP contribution < -0.4 is 5.14 Å². The largest absolute Gasteiger partial charge is 0.369 e. The number of halogens is 1. The lowest BCUT2D eigenvalue weighted by Crippen LogP contribution is -2.44. The predicted molar refractivity (Wildman–Crippen MR) is 65.4 cm³/mol. The zero-order chi connectivity index (χ0) is 11.1. The van der Waals surface area contributed by atoms with Crippen LogP contribution in [0.5, 0.6) is 0 Å². The van der Waals surface area contributed by atoms with Crippen molar-refractivity contribution in [3.05, 3.63) is 12.3 Å². The molecule has 1 saturated carbocycles. The Morgan fingerprint density at radius 3 is 2.73 bits per heavy atom. The number of nitrogens with zero attached hydrogens (tertiary/aromatic N) is 1. The number of sulfonamides is 1. The number of nitrogens with two attached hydrogens (primary N) is 1. The third-order valence-corrected chi connectivity index (χ3v) is 4.81. The number of hydrogen-bond acceptors (Lipinski definition) is 4. The van der Waals surface area contributed by atoms with E-state index >= 15 is 0 Å². The maximum Gasteiger partial charge on any atom is 0.221 e. The minimum Gasteiger partial charge on any atom is -0.369 e. The molecule has 0 radical (unpaired) electrons. The van der Waals surface area contributed by atoms with Gasteiger partial charge in [0.2, 0.25) is 10.0 Å². The van der Waals surface area contributed by atoms with Crippen molar-refractivity contribution >= 4 is 36.3 Å². The van der Waals surface area contributed by atoms with Gasteiger partial charge in [-0.2, -0.15) is 0 Å². The van der Waals surface area contributed by atoms with E-state index in [1.165, 1.54) is 0 Å². The van der Waals surface area contributed by atoms with Gasteiger partial charge in [0.1, 0.15) is 9.82 Å². The summed E-state index contributed by atoms with van der Waals surface area (Å²) in [4.78, 5) is 3.94. The quantitative estimate of drug-likeness (QED) is 0.761. The summed E-state index contributed by atoms with van der Waals surface area (Å²) in [6.45, 7) is 0. The van der Waals surface area contributed by atoms with Crippen molar-refractivity contribution in [3.8, 4) is 0 Å². The summed E-state index contributed by atoms with van der Waals surface area (Å²) in [5.41, 5.74) is 0. The summed E-state index contributed by atoms with van der Waals surface area (Å²) in [6, 6.07) is 0. The maximum atomic E-state index is 11.4. The van der Waals surface area contributed by atoms with E-state index in [9.17, 15) is 8.42 Å². The molecule has 0 bridgehead atoms. The average molecular weight is 342 g/mol. The van der Waals surface area contributed by atoms with Crippen LogP contribution in [-0.4, -0.2) is 29.6 Å². The van der Waals surface area contributed by atoms with Crippen LogP contribution >= 0.6 is 22.6 Å². The van der Waals surface area contributed by atoms with E-state index in [0.29, 0.717) is 3.72 Å². The van der Waals surface area contributed by atoms with Gasteiger partial charge in [-0.05, 0) is 41.5 Å². The zero-order valence-electron chi connectivity index (χ0n) is 7.84. The highest BCUT2D eigenvalue weighted by Gasteiger charge is 2.38. The number of ether oxygens (including phenoxy) is 1. The van der Waals surface area contributed by atoms with E-state index in [1.54, 1.807) is 12.3 Å². The first-order valence-corrected chi connectivity index (χ1v) is 7.24. The summed E-state index contributed by atoms with van der Waals surface area (Å²) in [5.74, 6) is 0. The predicted octanol–water partition coefficient (Wildman–Crippen LogP) is 0.552. The van der Waals surface area contributed by atoms with E-state index in [-0.39, 0.29) is 6.10 Å². The fraction of sp³-hybridized carbons (Fsp3) is 0.625. The second-order valence-electron chi connectivity index (χ2n) is 3.60. The first-order chi connectivity index (χ1) is 6.98. The highest BCUT2D eigenvalue weighted by molar-refractivity contribution is 14.1. The molecule has 5 nitrogen and oxygen atoms in total. The van der Waals surface area contributed by atoms with Gasteiger partial charge in [-0.25, -0.2) is 13.6 Å². The molecule has 1 aliphatic carbocycles. The van der Waals surface area contributed by atoms with Crippen LogP contribution in [-0.2, 0) is 14.8 Å². The molecule has 7 heteroatoms. The van der Waals surface area contributed by atoms with Crippen molar-refractivity contribution in [1.82, 2.24) is 0 Å². The maximum absolute atomic E-state index is 11.4. The molecule has 0 aromatic rings. The Balaban J connectivity index is 2.21. The molecule has 0 amide bonds. The van der Waals surface area contributed by atoms with Crippen LogP contribution in [0.3, 0.4) is 0 Å². The molecule has 2 rings (SSSR count). The standard InChI is InChI=1S/C8H11IN2O3S/c9-8-7(15(10,12)13)6(3-4-11-8)14-5-1-2-5/h3-7H,1-2H2,(H2,10,12,13). The van der Waals surface area contributed by atoms with Crippen LogP contribution in [0.1, 0.15) is 12.8 Å². The second kappa shape index (κ2) is 4.11. The average Bonchev–Trinajstić information content (AvgIpc) is 2.85. The van der Waals surface area contributed by atoms with Gasteiger partial charge in [0, 0.05) is 6.20 Å². The van der Waals surface area contributed by atoms with Gasteiger partial charge in [0.25, 0.3) is 0 Å². The molecule has 0 spiro atoms. The lowest BCUT2D eigenvalue weighted by atomic mass is 10.2. The number of aliphatic imine (C=N–C) groups is 1. The summed E-state index contributed by atoms with van der Waals surface area (Å²) in [5, 5.41) is 4.32. The lowest BCUT2D eigenvalue weighted by molar-refractivity contribution is 0.0771. The lowest BCUT2D eigenvalue weighted by Gasteiger charge is -2.24. The molecule has 2 aliphatic rings. The number of rotatable bonds is 3. The Bertz CT molecular complexity index is 414. The van der Waals surface area contributed by atoms with Gasteiger partial charge < -0.3 is 4.74 Å². The van der Waals surface area contributed by atoms with Crippen molar-refractivity contribution in [2.24, 2.45) is 10.1 Å². The normalized spacial score (nSPS) is 31.5. The molecule has 2 atom stereocenters. The first kappa shape index (κ1) is 11.5. The smallest absolute Gasteiger partial charge is 0.221 e. The van der Waals surface area contributed by atoms with E-state index < -0.39 is 21.4 Å². The van der Waals surface area contributed by atoms with Gasteiger partial charge in [0.15, 0.2) is 5.25 Å². The Labute approximate surface area is 102 Å². The van der Waals surface area contributed by atoms with Crippen LogP contribution in [0.2, 0.25) is 0 Å². The highest BCUT2D eigenvalue weighted by Crippen LogP contribution is 2.29. The molecule has 84 valence electrons. The third-order valence-electron chi connectivity index (χ3n) is 2.23. The van der Waals surface area contributed by atoms with Crippen LogP contribution in [0.25, 0.3) is 0 Å². The Morgan fingerprint density at radius 1 is 1.53 bits per heavy atom. The fourth-order valence-electron chi connectivity index (χ4n) is 1.37. The summed E-state index contributed by atoms with van der Waals surface area (Å²) < 4.78 is 28.8. The Morgan fingerprint density at radius 2 is 2.20 bits per heavy atom. The molecule has 0 aromatic heterocycles. The molecule has 1 fully saturated rings. The summed E-state index contributed by atoms with van der Waals surface area (Å²) in [7, 11) is -3.66. The van der Waals surface area contributed by atoms with Crippen LogP contribution in [0.15, 0.2) is 17.3 Å². The van der Waals surface area contributed by atoms with Crippen molar-refractivity contribution in [2.75, 3.05) is 0 Å². The van der Waals surface area contributed by atoms with Crippen molar-refractivity contribution < 1.29 is 13.2 Å². The molecule has 2 unspecified atom stereocenters. The molecular formula is C8H11IN2O3S. The fourth-order valence-corrected chi connectivity index (χ4v) is 3.81. The molecule has 0 saturated heterocycles. The minimum atomic E-state index is -3.66. The van der Waals surface area contributed by atoms with Gasteiger partial charge in [-0.15, -0.1) is 0 Å². The molecule has 1 aliphatic heterocycles. The van der Waals surface area contributed by atoms with Crippen LogP contribution in [0.4, 0.5) is 0 Å². The summed E-state index contributed by atoms with van der Waals surface area (Å²) >= 11 is 1.89. The SMILES string of the molecule is NS(=O)(=O)C1C(I)=NC=CC1OC1CC1. The highest BCUT2D eigenvalue weighted by atomic mass is 127. The van der Waals surface area contributed by atoms with Crippen molar-refractivity contribution in [3.63, 3.8) is 0 Å². The Hall–Kier alpha value is 0.01000. The summed E-state index contributed by atoms with van der Waals surface area (Å²) in [6.07, 6.45) is 4.90. The van der Waals surface area contributed by atoms with Gasteiger partial charge >= 0.3 is 0 Å². The number of primary sulfonamides is 1. The van der Waals surface area contributed by atoms with Gasteiger partial charge in [0.05, 0.1) is 6.10 Å². The first-order valence-electron chi connectivity index (χ1n) is 4.55. The van der Waals surface area contributed by atoms with Gasteiger partial charge in [-0.3, -0.25) is 4.99 Å². The van der Waals surface area contributed by atoms with Gasteiger partial charge in [-0.1, -0.05) is 0 Å². The molecule has 0 aromatic carbocycles. The molecule has 15 heavy (non-hydrogen) atoms. The zero-order valence-corrected chi connectivity index (χ0v) is 10.8. The van der Waals surface area contributed by atoms with E-state index in [2.05, 4.69) is 4.99 Å². The van der Waals surface area contributed by atoms with Crippen LogP contribution in [0, 0.1) is 0 Å². The van der Waals surface area contributed by atoms with Crippen molar-refractivity contribution in [2.45, 2.75) is 30.3 Å². The topological polar surface area (TPSA) is 81.8 Å². The van der Waals surface area contributed by atoms with Crippen molar-refractivity contribution in [1.29, 1.82) is 0 Å². The van der Waals surface area contributed by atoms with E-state index in [1.807, 2.05) is 22.6 Å². The van der Waals surface area contributed by atoms with E-state index in [0.717, 1.165) is 12.8 Å². The van der Waals surface area contributed by atoms with E-state index in [4.69, 9.17) is 9.88 Å². The molecule has 1 heterocycles. The molecular weight excluding hydrogens is 331 g/mol. The Kier molecular flexibility index (Phi) is 3.15. The third kappa shape index (κ3) is 2.77. The number of hydrogen-bond donors (Lipinski definition) is 1.